The summed E-state index contributed by atoms with van der Waals surface area (Å²) in [6, 6.07) is 34.7. The van der Waals surface area contributed by atoms with Crippen LogP contribution in [-0.2, 0) is 12.8 Å². The molecule has 0 saturated heterocycles. The van der Waals surface area contributed by atoms with Gasteiger partial charge in [0.05, 0.1) is 22.1 Å². The van der Waals surface area contributed by atoms with Crippen LogP contribution in [0.1, 0.15) is 127 Å². The van der Waals surface area contributed by atoms with Gasteiger partial charge >= 0.3 is 0 Å². The summed E-state index contributed by atoms with van der Waals surface area (Å²) in [6.45, 7) is 0. The zero-order chi connectivity index (χ0) is 32.6. The Morgan fingerprint density at radius 1 is 0.250 bits per heavy atom. The average Bonchev–Trinajstić information content (AvgIpc) is 3.13. The average molecular weight is 637 g/mol. The fourth-order valence-electron chi connectivity index (χ4n) is 7.83. The molecule has 0 fully saturated rings. The summed E-state index contributed by atoms with van der Waals surface area (Å²) in [7, 11) is 0. The summed E-state index contributed by atoms with van der Waals surface area (Å²) in [6.07, 6.45) is 27.4. The molecule has 0 aliphatic carbocycles. The Bertz CT molecular complexity index is 1610. The lowest BCUT2D eigenvalue weighted by Gasteiger charge is -2.11. The second kappa shape index (κ2) is 18.7. The van der Waals surface area contributed by atoms with Crippen molar-refractivity contribution in [2.24, 2.45) is 0 Å². The van der Waals surface area contributed by atoms with Crippen molar-refractivity contribution in [2.75, 3.05) is 0 Å². The van der Waals surface area contributed by atoms with Gasteiger partial charge in [-0.2, -0.15) is 0 Å². The molecule has 2 aromatic heterocycles. The van der Waals surface area contributed by atoms with E-state index in [9.17, 15) is 0 Å². The first-order valence-corrected chi connectivity index (χ1v) is 19.4. The van der Waals surface area contributed by atoms with Crippen LogP contribution in [-0.4, -0.2) is 9.97 Å². The summed E-state index contributed by atoms with van der Waals surface area (Å²) in [5.41, 5.74) is 7.52. The molecule has 6 rings (SSSR count). The number of unbranched alkanes of at least 4 members (excludes halogenated alkanes) is 17. The Balaban J connectivity index is 0.739. The summed E-state index contributed by atoms with van der Waals surface area (Å²) < 4.78 is 0. The van der Waals surface area contributed by atoms with Crippen molar-refractivity contribution >= 4 is 43.6 Å². The number of hydrogen-bond acceptors (Lipinski definition) is 2. The Labute approximate surface area is 289 Å². The van der Waals surface area contributed by atoms with E-state index in [1.54, 1.807) is 0 Å². The van der Waals surface area contributed by atoms with Gasteiger partial charge in [0, 0.05) is 21.5 Å². The van der Waals surface area contributed by atoms with Crippen LogP contribution in [0.4, 0.5) is 0 Å². The minimum absolute atomic E-state index is 1.13. The van der Waals surface area contributed by atoms with E-state index in [0.29, 0.717) is 0 Å². The first-order chi connectivity index (χ1) is 23.9. The Hall–Kier alpha value is -3.78. The van der Waals surface area contributed by atoms with Crippen molar-refractivity contribution in [2.45, 2.75) is 128 Å². The number of benzene rings is 4. The quantitative estimate of drug-likeness (QED) is 0.0580. The molecule has 0 saturated carbocycles. The smallest absolute Gasteiger partial charge is 0.0712 e. The highest BCUT2D eigenvalue weighted by Crippen LogP contribution is 2.29. The van der Waals surface area contributed by atoms with Gasteiger partial charge in [0.15, 0.2) is 0 Å². The summed E-state index contributed by atoms with van der Waals surface area (Å²) in [4.78, 5) is 9.78. The lowest BCUT2D eigenvalue weighted by Crippen LogP contribution is -1.93. The number of aryl methyl sites for hydroxylation is 2. The SMILES string of the molecule is c1ccc2c(CCCCCCCCCCCCCCCCCCCCc3c4ccccc4nc4ccccc34)c3ccccc3nc2c1. The van der Waals surface area contributed by atoms with Gasteiger partial charge in [0.2, 0.25) is 0 Å². The zero-order valence-corrected chi connectivity index (χ0v) is 29.3. The van der Waals surface area contributed by atoms with E-state index in [1.807, 2.05) is 0 Å². The van der Waals surface area contributed by atoms with E-state index >= 15 is 0 Å². The van der Waals surface area contributed by atoms with E-state index in [1.165, 1.54) is 148 Å². The molecule has 0 amide bonds. The molecule has 48 heavy (non-hydrogen) atoms. The van der Waals surface area contributed by atoms with Crippen molar-refractivity contribution < 1.29 is 0 Å². The molecule has 6 aromatic rings. The molecule has 0 aliphatic heterocycles. The predicted octanol–water partition coefficient (Wildman–Crippen LogP) is 13.9. The second-order valence-electron chi connectivity index (χ2n) is 14.1. The van der Waals surface area contributed by atoms with Gasteiger partial charge in [-0.15, -0.1) is 0 Å². The number of rotatable bonds is 21. The molecule has 2 nitrogen and oxygen atoms in total. The first kappa shape index (κ1) is 34.1. The molecule has 0 spiro atoms. The third kappa shape index (κ3) is 9.43. The summed E-state index contributed by atoms with van der Waals surface area (Å²) in [5.74, 6) is 0. The molecule has 4 aromatic carbocycles. The van der Waals surface area contributed by atoms with Crippen LogP contribution in [0.2, 0.25) is 0 Å². The van der Waals surface area contributed by atoms with E-state index in [4.69, 9.17) is 9.97 Å². The van der Waals surface area contributed by atoms with Gasteiger partial charge in [0.25, 0.3) is 0 Å². The molecule has 0 unspecified atom stereocenters. The molecule has 250 valence electrons. The van der Waals surface area contributed by atoms with Gasteiger partial charge in [-0.3, -0.25) is 0 Å². The van der Waals surface area contributed by atoms with Crippen LogP contribution >= 0.6 is 0 Å². The monoisotopic (exact) mass is 636 g/mol. The molecule has 0 aliphatic rings. The summed E-state index contributed by atoms with van der Waals surface area (Å²) >= 11 is 0. The first-order valence-electron chi connectivity index (χ1n) is 19.4. The van der Waals surface area contributed by atoms with Crippen LogP contribution in [0.3, 0.4) is 0 Å². The number of aromatic nitrogens is 2. The number of pyridine rings is 2. The fourth-order valence-corrected chi connectivity index (χ4v) is 7.83. The third-order valence-corrected chi connectivity index (χ3v) is 10.5. The number of nitrogens with zero attached hydrogens (tertiary/aromatic N) is 2. The number of hydrogen-bond donors (Lipinski definition) is 0. The third-order valence-electron chi connectivity index (χ3n) is 10.5. The Kier molecular flexibility index (Phi) is 13.3. The van der Waals surface area contributed by atoms with Crippen LogP contribution < -0.4 is 0 Å². The van der Waals surface area contributed by atoms with Crippen molar-refractivity contribution in [1.29, 1.82) is 0 Å². The van der Waals surface area contributed by atoms with Gasteiger partial charge in [0.1, 0.15) is 0 Å². The highest BCUT2D eigenvalue weighted by Gasteiger charge is 2.10. The van der Waals surface area contributed by atoms with Crippen molar-refractivity contribution in [1.82, 2.24) is 9.97 Å². The van der Waals surface area contributed by atoms with E-state index < -0.39 is 0 Å². The molecule has 0 bridgehead atoms. The molecule has 2 heteroatoms. The second-order valence-corrected chi connectivity index (χ2v) is 14.1. The lowest BCUT2D eigenvalue weighted by molar-refractivity contribution is 0.524. The fraction of sp³-hybridized carbons (Fsp3) is 0.435. The van der Waals surface area contributed by atoms with Crippen LogP contribution in [0.25, 0.3) is 43.6 Å². The van der Waals surface area contributed by atoms with E-state index in [-0.39, 0.29) is 0 Å². The minimum atomic E-state index is 1.13. The highest BCUT2D eigenvalue weighted by molar-refractivity contribution is 5.98. The maximum absolute atomic E-state index is 4.89. The molecular formula is C46H56N2. The van der Waals surface area contributed by atoms with Gasteiger partial charge in [-0.25, -0.2) is 9.97 Å². The molecule has 0 radical (unpaired) electrons. The molecular weight excluding hydrogens is 581 g/mol. The van der Waals surface area contributed by atoms with Crippen LogP contribution in [0.15, 0.2) is 97.1 Å². The normalized spacial score (nSPS) is 11.8. The lowest BCUT2D eigenvalue weighted by atomic mass is 9.97. The van der Waals surface area contributed by atoms with Crippen molar-refractivity contribution in [3.05, 3.63) is 108 Å². The minimum Gasteiger partial charge on any atom is -0.248 e. The standard InChI is InChI=1S/C46H56N2/c1(3-5-7-9-11-13-15-17-27-37-39-29-19-23-33-43(39)47-44-34-24-20-30-40(37)44)2-4-6-8-10-12-14-16-18-28-38-41-31-21-25-35-45(41)48-46-36-26-22-32-42(38)46/h19-26,29-36H,1-18,27-28H2. The summed E-state index contributed by atoms with van der Waals surface area (Å²) in [5, 5.41) is 5.34. The molecule has 0 N–H and O–H groups in total. The van der Waals surface area contributed by atoms with Crippen molar-refractivity contribution in [3.8, 4) is 0 Å². The molecule has 0 atom stereocenters. The number of para-hydroxylation sites is 4. The Morgan fingerprint density at radius 3 is 0.708 bits per heavy atom. The highest BCUT2D eigenvalue weighted by atomic mass is 14.7. The van der Waals surface area contributed by atoms with E-state index in [2.05, 4.69) is 97.1 Å². The van der Waals surface area contributed by atoms with Crippen LogP contribution in [0, 0.1) is 0 Å². The van der Waals surface area contributed by atoms with E-state index in [0.717, 1.165) is 34.9 Å². The van der Waals surface area contributed by atoms with Crippen molar-refractivity contribution in [3.63, 3.8) is 0 Å². The maximum atomic E-state index is 4.89. The Morgan fingerprint density at radius 2 is 0.458 bits per heavy atom. The van der Waals surface area contributed by atoms with Gasteiger partial charge in [-0.05, 0) is 61.1 Å². The van der Waals surface area contributed by atoms with Gasteiger partial charge in [-0.1, -0.05) is 176 Å². The molecule has 2 heterocycles. The van der Waals surface area contributed by atoms with Crippen LogP contribution in [0.5, 0.6) is 0 Å². The topological polar surface area (TPSA) is 25.8 Å². The largest absolute Gasteiger partial charge is 0.248 e. The van der Waals surface area contributed by atoms with Gasteiger partial charge < -0.3 is 0 Å². The number of fused-ring (bicyclic) bond motifs is 4. The predicted molar refractivity (Wildman–Crippen MR) is 209 cm³/mol. The maximum Gasteiger partial charge on any atom is 0.0712 e. The zero-order valence-electron chi connectivity index (χ0n) is 29.3.